The third-order valence-corrected chi connectivity index (χ3v) is 5.40. The van der Waals surface area contributed by atoms with E-state index >= 15 is 0 Å². The van der Waals surface area contributed by atoms with E-state index in [1.807, 2.05) is 35.9 Å². The third kappa shape index (κ3) is 4.17. The van der Waals surface area contributed by atoms with E-state index in [2.05, 4.69) is 32.1 Å². The van der Waals surface area contributed by atoms with Gasteiger partial charge < -0.3 is 5.32 Å². The molecule has 1 atom stereocenters. The summed E-state index contributed by atoms with van der Waals surface area (Å²) in [6, 6.07) is 3.77. The highest BCUT2D eigenvalue weighted by atomic mass is 32.2. The van der Waals surface area contributed by atoms with Crippen LogP contribution in [0.5, 0.6) is 0 Å². The molecule has 0 aliphatic rings. The predicted molar refractivity (Wildman–Crippen MR) is 104 cm³/mol. The Balaban J connectivity index is 1.77. The molecule has 3 aromatic rings. The number of hydrogen-bond donors (Lipinski definition) is 1. The number of nitrogens with one attached hydrogen (secondary N) is 1. The Morgan fingerprint density at radius 3 is 3.00 bits per heavy atom. The summed E-state index contributed by atoms with van der Waals surface area (Å²) in [5.41, 5.74) is 1.75. The van der Waals surface area contributed by atoms with Crippen LogP contribution in [0.2, 0.25) is 0 Å². The highest BCUT2D eigenvalue weighted by molar-refractivity contribution is 8.00. The summed E-state index contributed by atoms with van der Waals surface area (Å²) < 4.78 is 1.92. The molecule has 0 radical (unpaired) electrons. The van der Waals surface area contributed by atoms with Crippen LogP contribution < -0.4 is 5.32 Å². The maximum absolute atomic E-state index is 12.4. The standard InChI is InChI=1S/C17H18N6OS2/c1-4-8-23-14(13-6-5-7-18-9-13)21-22-17(23)26-12(3)15(24)20-16-19-11(2)10-25-16/h4-7,9-10,12H,1,8H2,2-3H3,(H,19,20,24)/t12-/m1/s1. The minimum Gasteiger partial charge on any atom is -0.301 e. The maximum atomic E-state index is 12.4. The first-order valence-corrected chi connectivity index (χ1v) is 9.68. The lowest BCUT2D eigenvalue weighted by atomic mass is 10.3. The first-order valence-electron chi connectivity index (χ1n) is 7.92. The van der Waals surface area contributed by atoms with Crippen LogP contribution in [0.25, 0.3) is 11.4 Å². The van der Waals surface area contributed by atoms with E-state index in [9.17, 15) is 4.79 Å². The number of amides is 1. The molecule has 0 spiro atoms. The van der Waals surface area contributed by atoms with E-state index in [-0.39, 0.29) is 11.2 Å². The van der Waals surface area contributed by atoms with Crippen LogP contribution >= 0.6 is 23.1 Å². The Labute approximate surface area is 159 Å². The van der Waals surface area contributed by atoms with Crippen LogP contribution in [0.15, 0.2) is 47.7 Å². The quantitative estimate of drug-likeness (QED) is 0.495. The summed E-state index contributed by atoms with van der Waals surface area (Å²) in [6.45, 7) is 8.06. The normalized spacial score (nSPS) is 11.9. The lowest BCUT2D eigenvalue weighted by Gasteiger charge is -2.11. The van der Waals surface area contributed by atoms with Crippen LogP contribution in [-0.2, 0) is 11.3 Å². The number of thioether (sulfide) groups is 1. The molecule has 0 saturated carbocycles. The average Bonchev–Trinajstić information content (AvgIpc) is 3.22. The first kappa shape index (κ1) is 18.3. The summed E-state index contributed by atoms with van der Waals surface area (Å²) in [4.78, 5) is 20.8. The SMILES string of the molecule is C=CCn1c(S[C@H](C)C(=O)Nc2nc(C)cs2)nnc1-c1cccnc1. The van der Waals surface area contributed by atoms with Gasteiger partial charge in [0, 0.05) is 29.9 Å². The van der Waals surface area contributed by atoms with Gasteiger partial charge in [-0.05, 0) is 26.0 Å². The number of aryl methyl sites for hydroxylation is 1. The largest absolute Gasteiger partial charge is 0.301 e. The van der Waals surface area contributed by atoms with Gasteiger partial charge in [-0.3, -0.25) is 14.3 Å². The van der Waals surface area contributed by atoms with Gasteiger partial charge in [-0.15, -0.1) is 28.1 Å². The minimum absolute atomic E-state index is 0.125. The molecule has 0 fully saturated rings. The van der Waals surface area contributed by atoms with Gasteiger partial charge in [0.15, 0.2) is 16.1 Å². The minimum atomic E-state index is -0.353. The molecule has 0 aliphatic heterocycles. The molecule has 3 aromatic heterocycles. The molecular weight excluding hydrogens is 368 g/mol. The summed E-state index contributed by atoms with van der Waals surface area (Å²) in [5.74, 6) is 0.573. The van der Waals surface area contributed by atoms with Crippen LogP contribution in [0, 0.1) is 6.92 Å². The van der Waals surface area contributed by atoms with Crippen molar-refractivity contribution in [1.29, 1.82) is 0 Å². The fourth-order valence-corrected chi connectivity index (χ4v) is 3.76. The van der Waals surface area contributed by atoms with E-state index < -0.39 is 0 Å². The van der Waals surface area contributed by atoms with Crippen molar-refractivity contribution in [2.75, 3.05) is 5.32 Å². The number of nitrogens with zero attached hydrogens (tertiary/aromatic N) is 5. The summed E-state index contributed by atoms with van der Waals surface area (Å²) >= 11 is 2.75. The lowest BCUT2D eigenvalue weighted by Crippen LogP contribution is -2.22. The summed E-state index contributed by atoms with van der Waals surface area (Å²) in [7, 11) is 0. The predicted octanol–water partition coefficient (Wildman–Crippen LogP) is 3.41. The second kappa shape index (κ2) is 8.24. The van der Waals surface area contributed by atoms with Crippen LogP contribution in [0.4, 0.5) is 5.13 Å². The monoisotopic (exact) mass is 386 g/mol. The smallest absolute Gasteiger partial charge is 0.239 e. The molecule has 0 bridgehead atoms. The molecule has 9 heteroatoms. The molecule has 0 unspecified atom stereocenters. The van der Waals surface area contributed by atoms with Crippen molar-refractivity contribution >= 4 is 34.1 Å². The molecule has 1 N–H and O–H groups in total. The van der Waals surface area contributed by atoms with Gasteiger partial charge in [0.25, 0.3) is 0 Å². The Kier molecular flexibility index (Phi) is 5.79. The van der Waals surface area contributed by atoms with Crippen molar-refractivity contribution in [3.8, 4) is 11.4 Å². The number of thiazole rings is 1. The van der Waals surface area contributed by atoms with Gasteiger partial charge in [-0.2, -0.15) is 0 Å². The Bertz CT molecular complexity index is 905. The molecule has 0 aliphatic carbocycles. The number of carbonyl (C=O) groups is 1. The van der Waals surface area contributed by atoms with Crippen molar-refractivity contribution in [2.45, 2.75) is 30.8 Å². The molecule has 3 heterocycles. The molecule has 0 saturated heterocycles. The van der Waals surface area contributed by atoms with Gasteiger partial charge in [0.2, 0.25) is 5.91 Å². The van der Waals surface area contributed by atoms with E-state index in [0.29, 0.717) is 22.7 Å². The van der Waals surface area contributed by atoms with Crippen LogP contribution in [-0.4, -0.2) is 35.9 Å². The number of allylic oxidation sites excluding steroid dienone is 1. The number of carbonyl (C=O) groups excluding carboxylic acids is 1. The zero-order valence-corrected chi connectivity index (χ0v) is 16.0. The van der Waals surface area contributed by atoms with Gasteiger partial charge in [0.1, 0.15) is 0 Å². The number of aromatic nitrogens is 5. The van der Waals surface area contributed by atoms with E-state index in [1.165, 1.54) is 23.1 Å². The summed E-state index contributed by atoms with van der Waals surface area (Å²) in [6.07, 6.45) is 5.22. The molecule has 0 aromatic carbocycles. The zero-order valence-electron chi connectivity index (χ0n) is 14.4. The zero-order chi connectivity index (χ0) is 18.5. The number of hydrogen-bond acceptors (Lipinski definition) is 7. The van der Waals surface area contributed by atoms with Gasteiger partial charge in [-0.1, -0.05) is 17.8 Å². The van der Waals surface area contributed by atoms with Gasteiger partial charge >= 0.3 is 0 Å². The molecule has 26 heavy (non-hydrogen) atoms. The second-order valence-corrected chi connectivity index (χ2v) is 7.66. The lowest BCUT2D eigenvalue weighted by molar-refractivity contribution is -0.115. The van der Waals surface area contributed by atoms with Crippen molar-refractivity contribution in [1.82, 2.24) is 24.7 Å². The average molecular weight is 387 g/mol. The topological polar surface area (TPSA) is 85.6 Å². The van der Waals surface area contributed by atoms with Crippen molar-refractivity contribution in [3.05, 3.63) is 48.3 Å². The molecule has 1 amide bonds. The van der Waals surface area contributed by atoms with Crippen molar-refractivity contribution in [2.24, 2.45) is 0 Å². The fraction of sp³-hybridized carbons (Fsp3) is 0.235. The Hall–Kier alpha value is -2.52. The van der Waals surface area contributed by atoms with E-state index in [1.54, 1.807) is 18.5 Å². The molecule has 3 rings (SSSR count). The number of rotatable bonds is 7. The first-order chi connectivity index (χ1) is 12.6. The van der Waals surface area contributed by atoms with E-state index in [4.69, 9.17) is 0 Å². The fourth-order valence-electron chi connectivity index (χ4n) is 2.21. The van der Waals surface area contributed by atoms with E-state index in [0.717, 1.165) is 11.3 Å². The third-order valence-electron chi connectivity index (χ3n) is 3.45. The van der Waals surface area contributed by atoms with Gasteiger partial charge in [-0.25, -0.2) is 4.98 Å². The molecule has 134 valence electrons. The second-order valence-electron chi connectivity index (χ2n) is 5.49. The number of pyridine rings is 1. The number of anilines is 1. The van der Waals surface area contributed by atoms with Crippen molar-refractivity contribution < 1.29 is 4.79 Å². The van der Waals surface area contributed by atoms with Gasteiger partial charge in [0.05, 0.1) is 10.9 Å². The highest BCUT2D eigenvalue weighted by Crippen LogP contribution is 2.27. The molecule has 7 nitrogen and oxygen atoms in total. The van der Waals surface area contributed by atoms with Crippen molar-refractivity contribution in [3.63, 3.8) is 0 Å². The Morgan fingerprint density at radius 2 is 2.35 bits per heavy atom. The summed E-state index contributed by atoms with van der Waals surface area (Å²) in [5, 5.41) is 14.2. The maximum Gasteiger partial charge on any atom is 0.239 e. The molecular formula is C17H18N6OS2. The van der Waals surface area contributed by atoms with Crippen LogP contribution in [0.1, 0.15) is 12.6 Å². The van der Waals surface area contributed by atoms with Crippen LogP contribution in [0.3, 0.4) is 0 Å². The highest BCUT2D eigenvalue weighted by Gasteiger charge is 2.21. The Morgan fingerprint density at radius 1 is 1.50 bits per heavy atom.